The molecule has 23 heavy (non-hydrogen) atoms. The van der Waals surface area contributed by atoms with Crippen LogP contribution >= 0.6 is 23.7 Å². The van der Waals surface area contributed by atoms with E-state index in [0.29, 0.717) is 41.9 Å². The van der Waals surface area contributed by atoms with Gasteiger partial charge in [-0.3, -0.25) is 9.59 Å². The highest BCUT2D eigenvalue weighted by Gasteiger charge is 2.11. The molecule has 2 rings (SSSR count). The smallest absolute Gasteiger partial charge is 0.227 e. The Morgan fingerprint density at radius 3 is 2.83 bits per heavy atom. The summed E-state index contributed by atoms with van der Waals surface area (Å²) in [7, 11) is 1.80. The van der Waals surface area contributed by atoms with Crippen molar-refractivity contribution in [2.75, 3.05) is 18.9 Å². The lowest BCUT2D eigenvalue weighted by Gasteiger charge is -2.00. The molecule has 0 radical (unpaired) electrons. The molecule has 126 valence electrons. The first kappa shape index (κ1) is 19.1. The lowest BCUT2D eigenvalue weighted by atomic mass is 10.3. The van der Waals surface area contributed by atoms with Crippen LogP contribution in [0.25, 0.3) is 11.5 Å². The summed E-state index contributed by atoms with van der Waals surface area (Å²) in [6.45, 7) is 2.41. The lowest BCUT2D eigenvalue weighted by molar-refractivity contribution is -0.119. The summed E-state index contributed by atoms with van der Waals surface area (Å²) in [5.41, 5.74) is 0.656. The van der Waals surface area contributed by atoms with Crippen LogP contribution in [0.3, 0.4) is 0 Å². The molecule has 0 aliphatic carbocycles. The van der Waals surface area contributed by atoms with Gasteiger partial charge in [0.25, 0.3) is 0 Å². The molecule has 0 bridgehead atoms. The summed E-state index contributed by atoms with van der Waals surface area (Å²) in [4.78, 5) is 26.8. The lowest BCUT2D eigenvalue weighted by Crippen LogP contribution is -2.18. The molecule has 0 aliphatic heterocycles. The van der Waals surface area contributed by atoms with Crippen molar-refractivity contribution in [1.29, 1.82) is 0 Å². The topological polar surface area (TPSA) is 96.3 Å². The number of carbonyl (C=O) groups is 2. The van der Waals surface area contributed by atoms with Gasteiger partial charge in [-0.2, -0.15) is 0 Å². The van der Waals surface area contributed by atoms with E-state index in [0.717, 1.165) is 0 Å². The third-order valence-corrected chi connectivity index (χ3v) is 3.54. The Balaban J connectivity index is 0.00000264. The minimum absolute atomic E-state index is 0. The van der Waals surface area contributed by atoms with Gasteiger partial charge in [0.15, 0.2) is 10.9 Å². The Morgan fingerprint density at radius 1 is 1.35 bits per heavy atom. The number of halogens is 1. The van der Waals surface area contributed by atoms with Gasteiger partial charge in [-0.25, -0.2) is 4.98 Å². The van der Waals surface area contributed by atoms with Gasteiger partial charge in [-0.15, -0.1) is 23.7 Å². The second-order valence-electron chi connectivity index (χ2n) is 4.62. The minimum Gasteiger partial charge on any atom is -0.458 e. The van der Waals surface area contributed by atoms with Crippen molar-refractivity contribution in [3.05, 3.63) is 23.3 Å². The molecule has 2 aromatic heterocycles. The van der Waals surface area contributed by atoms with E-state index in [2.05, 4.69) is 20.9 Å². The van der Waals surface area contributed by atoms with Crippen LogP contribution in [0.2, 0.25) is 0 Å². The number of nitrogens with zero attached hydrogens (tertiary/aromatic N) is 1. The molecule has 9 heteroatoms. The SMILES string of the molecule is CNCCC(=O)Nc1nc(-c2ccc(CNC(C)=O)o2)cs1.Cl. The third kappa shape index (κ3) is 6.01. The van der Waals surface area contributed by atoms with Crippen LogP contribution in [0.1, 0.15) is 19.1 Å². The fraction of sp³-hybridized carbons (Fsp3) is 0.357. The van der Waals surface area contributed by atoms with Crippen molar-refractivity contribution in [2.45, 2.75) is 19.9 Å². The molecule has 0 saturated carbocycles. The first-order valence-corrected chi connectivity index (χ1v) is 7.70. The first-order chi connectivity index (χ1) is 10.6. The average molecular weight is 359 g/mol. The van der Waals surface area contributed by atoms with Crippen molar-refractivity contribution < 1.29 is 14.0 Å². The summed E-state index contributed by atoms with van der Waals surface area (Å²) in [5.74, 6) is 1.06. The predicted octanol–water partition coefficient (Wildman–Crippen LogP) is 2.01. The van der Waals surface area contributed by atoms with Crippen LogP contribution in [0, 0.1) is 0 Å². The zero-order chi connectivity index (χ0) is 15.9. The minimum atomic E-state index is -0.113. The molecule has 2 heterocycles. The molecule has 0 atom stereocenters. The highest BCUT2D eigenvalue weighted by Crippen LogP contribution is 2.26. The van der Waals surface area contributed by atoms with E-state index in [9.17, 15) is 9.59 Å². The Bertz CT molecular complexity index is 656. The van der Waals surface area contributed by atoms with Gasteiger partial charge in [-0.1, -0.05) is 0 Å². The molecule has 0 saturated heterocycles. The van der Waals surface area contributed by atoms with Crippen LogP contribution in [-0.2, 0) is 16.1 Å². The number of rotatable bonds is 7. The number of hydrogen-bond donors (Lipinski definition) is 3. The second kappa shape index (κ2) is 9.29. The van der Waals surface area contributed by atoms with E-state index >= 15 is 0 Å². The molecule has 0 unspecified atom stereocenters. The molecule has 0 aromatic carbocycles. The van der Waals surface area contributed by atoms with Crippen molar-refractivity contribution in [1.82, 2.24) is 15.6 Å². The summed E-state index contributed by atoms with van der Waals surface area (Å²) < 4.78 is 5.61. The predicted molar refractivity (Wildman–Crippen MR) is 91.8 cm³/mol. The maximum Gasteiger partial charge on any atom is 0.227 e. The summed E-state index contributed by atoms with van der Waals surface area (Å²) >= 11 is 1.34. The first-order valence-electron chi connectivity index (χ1n) is 6.82. The van der Waals surface area contributed by atoms with E-state index < -0.39 is 0 Å². The van der Waals surface area contributed by atoms with Crippen LogP contribution < -0.4 is 16.0 Å². The number of anilines is 1. The van der Waals surface area contributed by atoms with E-state index in [1.807, 2.05) is 5.38 Å². The van der Waals surface area contributed by atoms with Gasteiger partial charge in [0.05, 0.1) is 6.54 Å². The zero-order valence-electron chi connectivity index (χ0n) is 12.8. The number of amides is 2. The molecule has 2 amide bonds. The normalized spacial score (nSPS) is 10.0. The molecule has 0 fully saturated rings. The van der Waals surface area contributed by atoms with Crippen molar-refractivity contribution >= 4 is 40.7 Å². The molecular weight excluding hydrogens is 340 g/mol. The molecule has 2 aromatic rings. The highest BCUT2D eigenvalue weighted by atomic mass is 35.5. The van der Waals surface area contributed by atoms with E-state index in [-0.39, 0.29) is 24.2 Å². The van der Waals surface area contributed by atoms with Gasteiger partial charge in [-0.05, 0) is 19.2 Å². The van der Waals surface area contributed by atoms with Crippen LogP contribution in [-0.4, -0.2) is 30.4 Å². The molecule has 0 aliphatic rings. The number of carbonyl (C=O) groups excluding carboxylic acids is 2. The largest absolute Gasteiger partial charge is 0.458 e. The van der Waals surface area contributed by atoms with Crippen LogP contribution in [0.5, 0.6) is 0 Å². The standard InChI is InChI=1S/C14H18N4O3S.ClH/c1-9(19)16-7-10-3-4-12(21-10)11-8-22-14(17-11)18-13(20)5-6-15-2;/h3-4,8,15H,5-7H2,1-2H3,(H,16,19)(H,17,18,20);1H. The van der Waals surface area contributed by atoms with Gasteiger partial charge in [0.2, 0.25) is 11.8 Å². The van der Waals surface area contributed by atoms with E-state index in [4.69, 9.17) is 4.42 Å². The number of furan rings is 1. The summed E-state index contributed by atoms with van der Waals surface area (Å²) in [5, 5.41) is 10.7. The summed E-state index contributed by atoms with van der Waals surface area (Å²) in [6.07, 6.45) is 0.396. The van der Waals surface area contributed by atoms with Crippen LogP contribution in [0.4, 0.5) is 5.13 Å². The van der Waals surface area contributed by atoms with E-state index in [1.165, 1.54) is 18.3 Å². The monoisotopic (exact) mass is 358 g/mol. The Labute approximate surface area is 144 Å². The zero-order valence-corrected chi connectivity index (χ0v) is 14.5. The Morgan fingerprint density at radius 2 is 2.13 bits per heavy atom. The quantitative estimate of drug-likeness (QED) is 0.703. The van der Waals surface area contributed by atoms with Crippen molar-refractivity contribution in [3.63, 3.8) is 0 Å². The average Bonchev–Trinajstić information content (AvgIpc) is 3.11. The van der Waals surface area contributed by atoms with Gasteiger partial charge < -0.3 is 20.4 Å². The third-order valence-electron chi connectivity index (χ3n) is 2.78. The number of aromatic nitrogens is 1. The number of thiazole rings is 1. The number of hydrogen-bond acceptors (Lipinski definition) is 6. The van der Waals surface area contributed by atoms with Gasteiger partial charge >= 0.3 is 0 Å². The van der Waals surface area contributed by atoms with Crippen LogP contribution in [0.15, 0.2) is 21.9 Å². The fourth-order valence-electron chi connectivity index (χ4n) is 1.69. The van der Waals surface area contributed by atoms with E-state index in [1.54, 1.807) is 19.2 Å². The maximum absolute atomic E-state index is 11.6. The molecule has 7 nitrogen and oxygen atoms in total. The van der Waals surface area contributed by atoms with Gasteiger partial charge in [0.1, 0.15) is 11.5 Å². The van der Waals surface area contributed by atoms with Crippen molar-refractivity contribution in [2.24, 2.45) is 0 Å². The fourth-order valence-corrected chi connectivity index (χ4v) is 2.40. The molecular formula is C14H19ClN4O3S. The highest BCUT2D eigenvalue weighted by molar-refractivity contribution is 7.14. The van der Waals surface area contributed by atoms with Crippen molar-refractivity contribution in [3.8, 4) is 11.5 Å². The molecule has 3 N–H and O–H groups in total. The summed E-state index contributed by atoms with van der Waals surface area (Å²) in [6, 6.07) is 3.58. The molecule has 0 spiro atoms. The maximum atomic E-state index is 11.6. The van der Waals surface area contributed by atoms with Gasteiger partial charge in [0, 0.05) is 25.3 Å². The Kier molecular flexibility index (Phi) is 7.73. The second-order valence-corrected chi connectivity index (χ2v) is 5.47. The Hall–Kier alpha value is -1.90. The number of nitrogens with one attached hydrogen (secondary N) is 3.